The Morgan fingerprint density at radius 3 is 2.38 bits per heavy atom. The highest BCUT2D eigenvalue weighted by molar-refractivity contribution is 6.18. The summed E-state index contributed by atoms with van der Waals surface area (Å²) in [5, 5.41) is 4.62. The van der Waals surface area contributed by atoms with Gasteiger partial charge in [-0.2, -0.15) is 5.10 Å². The van der Waals surface area contributed by atoms with Crippen LogP contribution in [-0.4, -0.2) is 45.0 Å². The maximum absolute atomic E-state index is 14.2. The molecule has 0 bridgehead atoms. The van der Waals surface area contributed by atoms with E-state index in [0.717, 1.165) is 48.9 Å². The van der Waals surface area contributed by atoms with E-state index in [1.807, 2.05) is 36.4 Å². The van der Waals surface area contributed by atoms with Crippen LogP contribution in [0.2, 0.25) is 0 Å². The number of aliphatic imine (C=N–C) groups is 1. The van der Waals surface area contributed by atoms with E-state index >= 15 is 0 Å². The molecule has 0 spiro atoms. The Labute approximate surface area is 186 Å². The van der Waals surface area contributed by atoms with Crippen molar-refractivity contribution in [1.82, 2.24) is 5.43 Å². The Bertz CT molecular complexity index is 1170. The molecule has 6 nitrogen and oxygen atoms in total. The largest absolute Gasteiger partial charge is 0.497 e. The number of hydrogen-bond donors (Lipinski definition) is 1. The number of fused-ring (bicyclic) bond motifs is 1. The average molecular weight is 430 g/mol. The van der Waals surface area contributed by atoms with E-state index in [-0.39, 0.29) is 5.82 Å². The van der Waals surface area contributed by atoms with Crippen LogP contribution >= 0.6 is 0 Å². The number of hydrogen-bond acceptors (Lipinski definition) is 6. The zero-order valence-corrected chi connectivity index (χ0v) is 17.7. The summed E-state index contributed by atoms with van der Waals surface area (Å²) < 4.78 is 24.8. The number of anilines is 1. The minimum atomic E-state index is -0.329. The smallest absolute Gasteiger partial charge is 0.154 e. The first-order valence-corrected chi connectivity index (χ1v) is 10.5. The third-order valence-corrected chi connectivity index (χ3v) is 5.60. The molecule has 0 amide bonds. The second-order valence-corrected chi connectivity index (χ2v) is 7.57. The van der Waals surface area contributed by atoms with Crippen molar-refractivity contribution < 1.29 is 13.9 Å². The summed E-state index contributed by atoms with van der Waals surface area (Å²) in [5.41, 5.74) is 7.88. The lowest BCUT2D eigenvalue weighted by molar-refractivity contribution is 0.122. The van der Waals surface area contributed by atoms with Crippen LogP contribution in [0.4, 0.5) is 15.8 Å². The van der Waals surface area contributed by atoms with E-state index in [2.05, 4.69) is 27.6 Å². The van der Waals surface area contributed by atoms with Gasteiger partial charge in [-0.1, -0.05) is 12.1 Å². The molecule has 0 atom stereocenters. The number of morpholine rings is 1. The van der Waals surface area contributed by atoms with Crippen molar-refractivity contribution >= 4 is 22.9 Å². The van der Waals surface area contributed by atoms with Gasteiger partial charge < -0.3 is 14.4 Å². The summed E-state index contributed by atoms with van der Waals surface area (Å²) in [6, 6.07) is 20.3. The van der Waals surface area contributed by atoms with Crippen LogP contribution in [-0.2, 0) is 4.74 Å². The Morgan fingerprint density at radius 2 is 1.66 bits per heavy atom. The molecule has 162 valence electrons. The lowest BCUT2D eigenvalue weighted by Crippen LogP contribution is -2.36. The summed E-state index contributed by atoms with van der Waals surface area (Å²) >= 11 is 0. The number of nitrogens with one attached hydrogen (secondary N) is 1. The van der Waals surface area contributed by atoms with Gasteiger partial charge in [-0.15, -0.1) is 0 Å². The van der Waals surface area contributed by atoms with Gasteiger partial charge in [0.1, 0.15) is 17.3 Å². The first-order valence-electron chi connectivity index (χ1n) is 10.5. The number of rotatable bonds is 4. The number of nitrogens with zero attached hydrogens (tertiary/aromatic N) is 3. The fourth-order valence-electron chi connectivity index (χ4n) is 3.86. The highest BCUT2D eigenvalue weighted by atomic mass is 19.1. The fourth-order valence-corrected chi connectivity index (χ4v) is 3.86. The van der Waals surface area contributed by atoms with E-state index in [1.165, 1.54) is 12.1 Å². The predicted octanol–water partition coefficient (Wildman–Crippen LogP) is 4.10. The van der Waals surface area contributed by atoms with Crippen LogP contribution in [0.25, 0.3) is 0 Å². The number of ether oxygens (including phenoxy) is 2. The van der Waals surface area contributed by atoms with Crippen LogP contribution < -0.4 is 15.1 Å². The van der Waals surface area contributed by atoms with Gasteiger partial charge in [0.2, 0.25) is 0 Å². The summed E-state index contributed by atoms with van der Waals surface area (Å²) in [4.78, 5) is 7.02. The maximum atomic E-state index is 14.2. The molecule has 3 aromatic rings. The summed E-state index contributed by atoms with van der Waals surface area (Å²) in [6.07, 6.45) is 0. The predicted molar refractivity (Wildman–Crippen MR) is 124 cm³/mol. The molecule has 3 aromatic carbocycles. The second kappa shape index (κ2) is 8.80. The second-order valence-electron chi connectivity index (χ2n) is 7.57. The Hall–Kier alpha value is -3.71. The van der Waals surface area contributed by atoms with Gasteiger partial charge in [-0.3, -0.25) is 5.43 Å². The van der Waals surface area contributed by atoms with Gasteiger partial charge in [0.15, 0.2) is 5.84 Å². The van der Waals surface area contributed by atoms with E-state index < -0.39 is 0 Å². The maximum Gasteiger partial charge on any atom is 0.154 e. The molecule has 5 rings (SSSR count). The van der Waals surface area contributed by atoms with Gasteiger partial charge >= 0.3 is 0 Å². The van der Waals surface area contributed by atoms with E-state index in [4.69, 9.17) is 14.5 Å². The molecule has 0 saturated carbocycles. The molecule has 2 aliphatic heterocycles. The fraction of sp³-hybridized carbons (Fsp3) is 0.200. The van der Waals surface area contributed by atoms with Crippen LogP contribution in [0.1, 0.15) is 16.7 Å². The summed E-state index contributed by atoms with van der Waals surface area (Å²) in [5.74, 6) is 1.01. The zero-order valence-electron chi connectivity index (χ0n) is 17.7. The molecule has 1 saturated heterocycles. The van der Waals surface area contributed by atoms with Gasteiger partial charge in [-0.05, 0) is 54.6 Å². The molecule has 2 heterocycles. The van der Waals surface area contributed by atoms with Gasteiger partial charge in [0.05, 0.1) is 26.0 Å². The molecule has 1 fully saturated rings. The molecule has 32 heavy (non-hydrogen) atoms. The van der Waals surface area contributed by atoms with Gasteiger partial charge in [-0.25, -0.2) is 9.38 Å². The van der Waals surface area contributed by atoms with Crippen molar-refractivity contribution in [3.8, 4) is 5.75 Å². The lowest BCUT2D eigenvalue weighted by Gasteiger charge is -2.29. The number of benzene rings is 3. The molecule has 0 aromatic heterocycles. The van der Waals surface area contributed by atoms with Crippen LogP contribution in [0, 0.1) is 5.82 Å². The minimum absolute atomic E-state index is 0.329. The zero-order chi connectivity index (χ0) is 21.9. The monoisotopic (exact) mass is 430 g/mol. The molecular weight excluding hydrogens is 407 g/mol. The van der Waals surface area contributed by atoms with Crippen LogP contribution in [0.5, 0.6) is 5.75 Å². The standard InChI is InChI=1S/C25H23FN4O2/c1-31-21-9-4-18(5-10-21)25-27-23-11-6-19(26)16-22(23)24(28-29-25)17-2-7-20(8-3-17)30-12-14-32-15-13-30/h2-11,16H,12-15H2,1H3,(H,27,29). The van der Waals surface area contributed by atoms with E-state index in [1.54, 1.807) is 13.2 Å². The first kappa shape index (κ1) is 20.2. The Morgan fingerprint density at radius 1 is 0.938 bits per heavy atom. The van der Waals surface area contributed by atoms with E-state index in [9.17, 15) is 4.39 Å². The lowest BCUT2D eigenvalue weighted by atomic mass is 10.00. The number of methoxy groups -OCH3 is 1. The quantitative estimate of drug-likeness (QED) is 0.677. The molecule has 0 radical (unpaired) electrons. The number of hydrazone groups is 1. The minimum Gasteiger partial charge on any atom is -0.497 e. The number of halogens is 1. The average Bonchev–Trinajstić information content (AvgIpc) is 3.04. The normalized spacial score (nSPS) is 15.8. The van der Waals surface area contributed by atoms with Crippen LogP contribution in [0.3, 0.4) is 0 Å². The molecule has 0 aliphatic carbocycles. The van der Waals surface area contributed by atoms with Crippen LogP contribution in [0.15, 0.2) is 76.8 Å². The molecule has 2 aliphatic rings. The van der Waals surface area contributed by atoms with Crippen molar-refractivity contribution in [3.63, 3.8) is 0 Å². The SMILES string of the molecule is COc1ccc(C2=Nc3ccc(F)cc3C(c3ccc(N4CCOCC4)cc3)=NN2)cc1. The number of amidine groups is 1. The summed E-state index contributed by atoms with van der Waals surface area (Å²) in [6.45, 7) is 3.21. The third-order valence-electron chi connectivity index (χ3n) is 5.60. The van der Waals surface area contributed by atoms with E-state index in [0.29, 0.717) is 22.8 Å². The highest BCUT2D eigenvalue weighted by Gasteiger charge is 2.19. The third kappa shape index (κ3) is 4.07. The van der Waals surface area contributed by atoms with Crippen molar-refractivity contribution in [3.05, 3.63) is 89.2 Å². The summed E-state index contributed by atoms with van der Waals surface area (Å²) in [7, 11) is 1.63. The Kier molecular flexibility index (Phi) is 5.56. The molecule has 1 N–H and O–H groups in total. The molecular formula is C25H23FN4O2. The van der Waals surface area contributed by atoms with Crippen molar-refractivity contribution in [1.29, 1.82) is 0 Å². The molecule has 7 heteroatoms. The molecule has 0 unspecified atom stereocenters. The van der Waals surface area contributed by atoms with Crippen molar-refractivity contribution in [2.24, 2.45) is 10.1 Å². The van der Waals surface area contributed by atoms with Crippen molar-refractivity contribution in [2.45, 2.75) is 0 Å². The Balaban J connectivity index is 1.50. The van der Waals surface area contributed by atoms with Gasteiger partial charge in [0.25, 0.3) is 0 Å². The van der Waals surface area contributed by atoms with Gasteiger partial charge in [0, 0.05) is 35.5 Å². The topological polar surface area (TPSA) is 58.5 Å². The highest BCUT2D eigenvalue weighted by Crippen LogP contribution is 2.28. The van der Waals surface area contributed by atoms with Crippen molar-refractivity contribution in [2.75, 3.05) is 38.3 Å². The first-order chi connectivity index (χ1) is 15.7.